The summed E-state index contributed by atoms with van der Waals surface area (Å²) in [5, 5.41) is 13.4. The first kappa shape index (κ1) is 46.9. The van der Waals surface area contributed by atoms with Gasteiger partial charge in [-0.15, -0.1) is 0 Å². The predicted molar refractivity (Wildman–Crippen MR) is 209 cm³/mol. The predicted octanol–water partition coefficient (Wildman–Crippen LogP) is 4.83. The van der Waals surface area contributed by atoms with Gasteiger partial charge >= 0.3 is 18.2 Å². The van der Waals surface area contributed by atoms with Gasteiger partial charge in [0, 0.05) is 19.4 Å². The summed E-state index contributed by atoms with van der Waals surface area (Å²) in [4.78, 5) is 79.2. The van der Waals surface area contributed by atoms with E-state index in [1.54, 1.807) is 96.1 Å². The lowest BCUT2D eigenvalue weighted by Gasteiger charge is -2.27. The van der Waals surface area contributed by atoms with Crippen LogP contribution < -0.4 is 26.6 Å². The number of halogens is 1. The summed E-state index contributed by atoms with van der Waals surface area (Å²) < 4.78 is 28.7. The minimum absolute atomic E-state index is 0.0316. The minimum Gasteiger partial charge on any atom is -0.467 e. The van der Waals surface area contributed by atoms with Gasteiger partial charge in [-0.2, -0.15) is 0 Å². The van der Waals surface area contributed by atoms with Crippen LogP contribution in [0.15, 0.2) is 60.7 Å². The zero-order valence-corrected chi connectivity index (χ0v) is 33.7. The molecule has 0 saturated heterocycles. The van der Waals surface area contributed by atoms with Crippen LogP contribution in [0.2, 0.25) is 0 Å². The normalized spacial score (nSPS) is 13.5. The maximum Gasteiger partial charge on any atom is 0.408 e. The first-order chi connectivity index (χ1) is 26.4. The second-order valence-electron chi connectivity index (χ2n) is 15.4. The standard InChI is InChI=1S/C41H60FN5O9/c1-40(2,3)55-38(52)43-25-17-15-23-31(37(51)54-7)45-34(48)30(22-14-16-24-42)44-35(49)32(26-28-18-10-8-11-19-28)46-36(50)33(27-29-20-12-9-13-21-29)47-39(53)56-41(4,5)6/h8-13,18-21,30-33H,14-17,22-27H2,1-7H3,(H,43,52)(H,44,49)(H,45,48)(H,46,50)(H,47,53)/t30?,31-,32-,33-/m1/s1. The quantitative estimate of drug-likeness (QED) is 0.0671. The number of alkyl carbamates (subject to hydrolysis) is 2. The van der Waals surface area contributed by atoms with E-state index in [-0.39, 0.29) is 45.1 Å². The number of hydrogen-bond acceptors (Lipinski definition) is 9. The molecular formula is C41H60FN5O9. The fourth-order valence-electron chi connectivity index (χ4n) is 5.47. The molecule has 0 aliphatic rings. The molecule has 1 unspecified atom stereocenters. The van der Waals surface area contributed by atoms with E-state index >= 15 is 0 Å². The van der Waals surface area contributed by atoms with Gasteiger partial charge in [-0.1, -0.05) is 60.7 Å². The highest BCUT2D eigenvalue weighted by Crippen LogP contribution is 2.12. The molecule has 0 spiro atoms. The number of nitrogens with one attached hydrogen (secondary N) is 5. The molecular weight excluding hydrogens is 725 g/mol. The lowest BCUT2D eigenvalue weighted by atomic mass is 10.0. The van der Waals surface area contributed by atoms with Gasteiger partial charge in [-0.3, -0.25) is 18.8 Å². The average Bonchev–Trinajstić information content (AvgIpc) is 3.12. The van der Waals surface area contributed by atoms with Crippen LogP contribution in [0.25, 0.3) is 0 Å². The van der Waals surface area contributed by atoms with Crippen LogP contribution in [0.3, 0.4) is 0 Å². The fraction of sp³-hybridized carbons (Fsp3) is 0.561. The molecule has 0 saturated carbocycles. The second kappa shape index (κ2) is 23.7. The molecule has 0 aliphatic carbocycles. The summed E-state index contributed by atoms with van der Waals surface area (Å²) in [6.07, 6.45) is 0.190. The molecule has 2 aromatic carbocycles. The molecule has 0 bridgehead atoms. The van der Waals surface area contributed by atoms with Gasteiger partial charge < -0.3 is 40.8 Å². The Bertz CT molecular complexity index is 1550. The van der Waals surface area contributed by atoms with Crippen molar-refractivity contribution in [2.75, 3.05) is 20.3 Å². The van der Waals surface area contributed by atoms with Gasteiger partial charge in [-0.05, 0) is 91.2 Å². The van der Waals surface area contributed by atoms with Crippen LogP contribution in [-0.4, -0.2) is 91.6 Å². The number of amides is 5. The Morgan fingerprint density at radius 2 is 1.00 bits per heavy atom. The van der Waals surface area contributed by atoms with Crippen molar-refractivity contribution in [1.82, 2.24) is 26.6 Å². The van der Waals surface area contributed by atoms with Crippen LogP contribution >= 0.6 is 0 Å². The first-order valence-electron chi connectivity index (χ1n) is 19.0. The molecule has 0 aromatic heterocycles. The molecule has 4 atom stereocenters. The number of unbranched alkanes of at least 4 members (excludes halogenated alkanes) is 2. The van der Waals surface area contributed by atoms with Crippen LogP contribution in [0, 0.1) is 0 Å². The molecule has 0 fully saturated rings. The molecule has 56 heavy (non-hydrogen) atoms. The van der Waals surface area contributed by atoms with E-state index in [2.05, 4.69) is 26.6 Å². The van der Waals surface area contributed by atoms with Gasteiger partial charge in [0.1, 0.15) is 35.4 Å². The molecule has 5 amide bonds. The minimum atomic E-state index is -1.21. The highest BCUT2D eigenvalue weighted by Gasteiger charge is 2.32. The Morgan fingerprint density at radius 3 is 1.50 bits per heavy atom. The van der Waals surface area contributed by atoms with Gasteiger partial charge in [0.05, 0.1) is 13.8 Å². The van der Waals surface area contributed by atoms with Gasteiger partial charge in [0.15, 0.2) is 0 Å². The zero-order valence-electron chi connectivity index (χ0n) is 33.7. The number of alkyl halides is 1. The SMILES string of the molecule is COC(=O)[C@@H](CCCCNC(=O)OC(C)(C)C)NC(=O)C(CCCCF)NC(=O)[C@@H](Cc1ccccc1)NC(=O)[C@@H](Cc1ccccc1)NC(=O)OC(C)(C)C. The number of rotatable bonds is 21. The van der Waals surface area contributed by atoms with Crippen molar-refractivity contribution in [2.45, 2.75) is 128 Å². The summed E-state index contributed by atoms with van der Waals surface area (Å²) in [6, 6.07) is 13.3. The third kappa shape index (κ3) is 19.4. The summed E-state index contributed by atoms with van der Waals surface area (Å²) in [6.45, 7) is 9.96. The van der Waals surface area contributed by atoms with E-state index in [4.69, 9.17) is 14.2 Å². The second-order valence-corrected chi connectivity index (χ2v) is 15.4. The lowest BCUT2D eigenvalue weighted by Crippen LogP contribution is -2.58. The van der Waals surface area contributed by atoms with Crippen molar-refractivity contribution in [3.05, 3.63) is 71.8 Å². The van der Waals surface area contributed by atoms with Crippen molar-refractivity contribution in [3.63, 3.8) is 0 Å². The van der Waals surface area contributed by atoms with E-state index in [9.17, 15) is 33.2 Å². The molecule has 0 radical (unpaired) electrons. The van der Waals surface area contributed by atoms with Crippen LogP contribution in [0.4, 0.5) is 14.0 Å². The Kier molecular flexibility index (Phi) is 19.8. The largest absolute Gasteiger partial charge is 0.467 e. The topological polar surface area (TPSA) is 190 Å². The third-order valence-corrected chi connectivity index (χ3v) is 8.11. The van der Waals surface area contributed by atoms with Crippen molar-refractivity contribution in [3.8, 4) is 0 Å². The number of ether oxygens (including phenoxy) is 3. The zero-order chi connectivity index (χ0) is 41.7. The number of carbonyl (C=O) groups excluding carboxylic acids is 6. The van der Waals surface area contributed by atoms with Crippen molar-refractivity contribution in [1.29, 1.82) is 0 Å². The van der Waals surface area contributed by atoms with Crippen molar-refractivity contribution >= 4 is 35.9 Å². The molecule has 14 nitrogen and oxygen atoms in total. The van der Waals surface area contributed by atoms with Crippen LogP contribution in [0.1, 0.15) is 91.2 Å². The summed E-state index contributed by atoms with van der Waals surface area (Å²) in [7, 11) is 1.19. The fourth-order valence-corrected chi connectivity index (χ4v) is 5.47. The number of hydrogen-bond donors (Lipinski definition) is 5. The van der Waals surface area contributed by atoms with Crippen molar-refractivity contribution < 1.29 is 47.4 Å². The number of methoxy groups -OCH3 is 1. The number of benzene rings is 2. The summed E-state index contributed by atoms with van der Waals surface area (Å²) >= 11 is 0. The summed E-state index contributed by atoms with van der Waals surface area (Å²) in [5.74, 6) is -2.77. The molecule has 0 aliphatic heterocycles. The summed E-state index contributed by atoms with van der Waals surface area (Å²) in [5.41, 5.74) is -0.0379. The van der Waals surface area contributed by atoms with Crippen molar-refractivity contribution in [2.24, 2.45) is 0 Å². The first-order valence-corrected chi connectivity index (χ1v) is 19.0. The van der Waals surface area contributed by atoms with Gasteiger partial charge in [0.25, 0.3) is 0 Å². The molecule has 2 aromatic rings. The van der Waals surface area contributed by atoms with Crippen LogP contribution in [0.5, 0.6) is 0 Å². The molecule has 0 heterocycles. The molecule has 15 heteroatoms. The van der Waals surface area contributed by atoms with Gasteiger partial charge in [-0.25, -0.2) is 14.4 Å². The van der Waals surface area contributed by atoms with E-state index in [0.717, 1.165) is 5.56 Å². The van der Waals surface area contributed by atoms with E-state index < -0.39 is 77.9 Å². The Morgan fingerprint density at radius 1 is 0.571 bits per heavy atom. The molecule has 2 rings (SSSR count). The maximum atomic E-state index is 14.1. The van der Waals surface area contributed by atoms with Gasteiger partial charge in [0.2, 0.25) is 17.7 Å². The van der Waals surface area contributed by atoms with E-state index in [0.29, 0.717) is 18.4 Å². The molecule has 310 valence electrons. The van der Waals surface area contributed by atoms with E-state index in [1.807, 2.05) is 6.07 Å². The number of esters is 1. The number of carbonyl (C=O) groups is 6. The highest BCUT2D eigenvalue weighted by atomic mass is 19.1. The third-order valence-electron chi connectivity index (χ3n) is 8.11. The monoisotopic (exact) mass is 785 g/mol. The lowest BCUT2D eigenvalue weighted by molar-refractivity contribution is -0.145. The van der Waals surface area contributed by atoms with Crippen LogP contribution in [-0.2, 0) is 46.2 Å². The molecule has 5 N–H and O–H groups in total. The smallest absolute Gasteiger partial charge is 0.408 e. The maximum absolute atomic E-state index is 14.1. The van der Waals surface area contributed by atoms with E-state index in [1.165, 1.54) is 7.11 Å². The Hall–Kier alpha value is -5.21. The highest BCUT2D eigenvalue weighted by molar-refractivity contribution is 5.95. The average molecular weight is 786 g/mol. The Balaban J connectivity index is 2.28. The Labute approximate surface area is 329 Å².